The van der Waals surface area contributed by atoms with Crippen molar-refractivity contribution >= 4 is 29.9 Å². The van der Waals surface area contributed by atoms with Gasteiger partial charge >= 0.3 is 0 Å². The average molecular weight is 511 g/mol. The highest BCUT2D eigenvalue weighted by molar-refractivity contribution is 14.0. The van der Waals surface area contributed by atoms with Gasteiger partial charge in [-0.2, -0.15) is 5.10 Å². The Morgan fingerprint density at radius 2 is 1.66 bits per heavy atom. The fourth-order valence-electron chi connectivity index (χ4n) is 2.86. The maximum atomic E-state index is 13.0. The molecule has 3 rings (SSSR count). The molecule has 0 aliphatic rings. The summed E-state index contributed by atoms with van der Waals surface area (Å²) in [6.07, 6.45) is 2.58. The molecule has 0 aliphatic heterocycles. The number of hydrogen-bond donors (Lipinski definition) is 1. The number of nitrogens with zero attached hydrogens (tertiary/aromatic N) is 4. The molecule has 0 amide bonds. The number of aliphatic imine (C=N–C) groups is 1. The van der Waals surface area contributed by atoms with Gasteiger partial charge in [-0.1, -0.05) is 12.1 Å². The van der Waals surface area contributed by atoms with Crippen molar-refractivity contribution in [3.05, 3.63) is 83.7 Å². The molecule has 5 nitrogen and oxygen atoms in total. The van der Waals surface area contributed by atoms with Gasteiger partial charge in [0.05, 0.1) is 11.4 Å². The van der Waals surface area contributed by atoms with Crippen molar-refractivity contribution in [2.24, 2.45) is 4.99 Å². The number of hydrogen-bond acceptors (Lipinski definition) is 2. The van der Waals surface area contributed by atoms with E-state index in [1.165, 1.54) is 24.3 Å². The standard InChI is InChI=1S/C21H23F2N5.HI/c1-24-21(27(2)15-16-3-5-17(22)6-4-16)25-13-11-19-12-14-28(26-19)20-9-7-18(23)8-10-20;/h3-10,12,14H,11,13,15H2,1-2H3,(H,24,25);1H. The summed E-state index contributed by atoms with van der Waals surface area (Å²) in [7, 11) is 3.66. The van der Waals surface area contributed by atoms with E-state index in [-0.39, 0.29) is 35.6 Å². The fourth-order valence-corrected chi connectivity index (χ4v) is 2.86. The maximum absolute atomic E-state index is 13.0. The van der Waals surface area contributed by atoms with Crippen molar-refractivity contribution in [3.8, 4) is 5.69 Å². The van der Waals surface area contributed by atoms with Crippen molar-refractivity contribution in [3.63, 3.8) is 0 Å². The Labute approximate surface area is 186 Å². The van der Waals surface area contributed by atoms with Gasteiger partial charge in [0.2, 0.25) is 0 Å². The Morgan fingerprint density at radius 1 is 1.03 bits per heavy atom. The quantitative estimate of drug-likeness (QED) is 0.309. The van der Waals surface area contributed by atoms with Gasteiger partial charge < -0.3 is 10.2 Å². The van der Waals surface area contributed by atoms with Crippen LogP contribution in [-0.2, 0) is 13.0 Å². The van der Waals surface area contributed by atoms with Crippen LogP contribution in [0.15, 0.2) is 65.8 Å². The van der Waals surface area contributed by atoms with Crippen molar-refractivity contribution in [2.75, 3.05) is 20.6 Å². The Bertz CT molecular complexity index is 923. The van der Waals surface area contributed by atoms with E-state index >= 15 is 0 Å². The summed E-state index contributed by atoms with van der Waals surface area (Å²) in [5.41, 5.74) is 2.74. The number of aromatic nitrogens is 2. The summed E-state index contributed by atoms with van der Waals surface area (Å²) in [4.78, 5) is 6.27. The van der Waals surface area contributed by atoms with Crippen LogP contribution < -0.4 is 5.32 Å². The molecule has 0 fully saturated rings. The smallest absolute Gasteiger partial charge is 0.193 e. The highest BCUT2D eigenvalue weighted by Gasteiger charge is 2.08. The largest absolute Gasteiger partial charge is 0.356 e. The van der Waals surface area contributed by atoms with Gasteiger partial charge in [-0.15, -0.1) is 24.0 Å². The Kier molecular flexibility index (Phi) is 8.56. The van der Waals surface area contributed by atoms with Crippen LogP contribution in [0.25, 0.3) is 5.69 Å². The average Bonchev–Trinajstić information content (AvgIpc) is 3.16. The zero-order valence-corrected chi connectivity index (χ0v) is 18.7. The second-order valence-corrected chi connectivity index (χ2v) is 6.43. The first-order valence-corrected chi connectivity index (χ1v) is 9.02. The Hall–Kier alpha value is -2.49. The lowest BCUT2D eigenvalue weighted by molar-refractivity contribution is 0.476. The molecule has 3 aromatic rings. The van der Waals surface area contributed by atoms with Gasteiger partial charge in [0.1, 0.15) is 11.6 Å². The molecule has 1 heterocycles. The molecule has 0 unspecified atom stereocenters. The number of rotatable bonds is 6. The SMILES string of the molecule is CN=C(NCCc1ccn(-c2ccc(F)cc2)n1)N(C)Cc1ccc(F)cc1.I. The fraction of sp³-hybridized carbons (Fsp3) is 0.238. The molecular weight excluding hydrogens is 487 g/mol. The minimum absolute atomic E-state index is 0. The summed E-state index contributed by atoms with van der Waals surface area (Å²) < 4.78 is 27.8. The number of guanidine groups is 1. The molecule has 8 heteroatoms. The first kappa shape index (κ1) is 22.8. The normalized spacial score (nSPS) is 11.1. The van der Waals surface area contributed by atoms with Crippen LogP contribution in [0.1, 0.15) is 11.3 Å². The van der Waals surface area contributed by atoms with Crippen LogP contribution in [-0.4, -0.2) is 41.3 Å². The molecule has 154 valence electrons. The Morgan fingerprint density at radius 3 is 2.28 bits per heavy atom. The van der Waals surface area contributed by atoms with E-state index < -0.39 is 0 Å². The first-order valence-electron chi connectivity index (χ1n) is 9.02. The van der Waals surface area contributed by atoms with E-state index in [9.17, 15) is 8.78 Å². The second-order valence-electron chi connectivity index (χ2n) is 6.43. The number of nitrogens with one attached hydrogen (secondary N) is 1. The minimum Gasteiger partial charge on any atom is -0.356 e. The van der Waals surface area contributed by atoms with Crippen molar-refractivity contribution < 1.29 is 8.78 Å². The van der Waals surface area contributed by atoms with Crippen molar-refractivity contribution in [1.29, 1.82) is 0 Å². The summed E-state index contributed by atoms with van der Waals surface area (Å²) in [5.74, 6) is 0.243. The van der Waals surface area contributed by atoms with Crippen LogP contribution in [0, 0.1) is 11.6 Å². The highest BCUT2D eigenvalue weighted by Crippen LogP contribution is 2.09. The lowest BCUT2D eigenvalue weighted by atomic mass is 10.2. The molecular formula is C21H24F2IN5. The van der Waals surface area contributed by atoms with Crippen LogP contribution >= 0.6 is 24.0 Å². The van der Waals surface area contributed by atoms with Crippen molar-refractivity contribution in [1.82, 2.24) is 20.0 Å². The molecule has 0 bridgehead atoms. The lowest BCUT2D eigenvalue weighted by Gasteiger charge is -2.22. The van der Waals surface area contributed by atoms with E-state index in [4.69, 9.17) is 0 Å². The molecule has 0 saturated carbocycles. The summed E-state index contributed by atoms with van der Waals surface area (Å²) in [6, 6.07) is 14.6. The monoisotopic (exact) mass is 511 g/mol. The minimum atomic E-state index is -0.267. The highest BCUT2D eigenvalue weighted by atomic mass is 127. The topological polar surface area (TPSA) is 45.5 Å². The summed E-state index contributed by atoms with van der Waals surface area (Å²) >= 11 is 0. The van der Waals surface area contributed by atoms with Crippen LogP contribution in [0.4, 0.5) is 8.78 Å². The molecule has 0 atom stereocenters. The van der Waals surface area contributed by atoms with E-state index in [0.717, 1.165) is 29.3 Å². The number of benzene rings is 2. The van der Waals surface area contributed by atoms with Gasteiger partial charge in [-0.25, -0.2) is 13.5 Å². The van der Waals surface area contributed by atoms with E-state index in [1.54, 1.807) is 36.0 Å². The zero-order valence-electron chi connectivity index (χ0n) is 16.3. The third-order valence-corrected chi connectivity index (χ3v) is 4.31. The van der Waals surface area contributed by atoms with Crippen LogP contribution in [0.2, 0.25) is 0 Å². The number of halogens is 3. The summed E-state index contributed by atoms with van der Waals surface area (Å²) in [6.45, 7) is 1.29. The second kappa shape index (κ2) is 10.9. The maximum Gasteiger partial charge on any atom is 0.193 e. The first-order chi connectivity index (χ1) is 13.5. The third-order valence-electron chi connectivity index (χ3n) is 4.31. The molecule has 0 spiro atoms. The van der Waals surface area contributed by atoms with Gasteiger partial charge in [-0.3, -0.25) is 4.99 Å². The van der Waals surface area contributed by atoms with Crippen molar-refractivity contribution in [2.45, 2.75) is 13.0 Å². The summed E-state index contributed by atoms with van der Waals surface area (Å²) in [5, 5.41) is 7.83. The molecule has 0 saturated heterocycles. The predicted octanol–water partition coefficient (Wildman–Crippen LogP) is 4.02. The van der Waals surface area contributed by atoms with Gasteiger partial charge in [0.15, 0.2) is 5.96 Å². The van der Waals surface area contributed by atoms with E-state index in [1.807, 2.05) is 24.2 Å². The molecule has 1 aromatic heterocycles. The zero-order chi connectivity index (χ0) is 19.9. The molecule has 29 heavy (non-hydrogen) atoms. The van der Waals surface area contributed by atoms with Gasteiger partial charge in [0, 0.05) is 39.8 Å². The molecule has 0 aliphatic carbocycles. The van der Waals surface area contributed by atoms with Gasteiger partial charge in [-0.05, 0) is 48.0 Å². The predicted molar refractivity (Wildman–Crippen MR) is 122 cm³/mol. The van der Waals surface area contributed by atoms with Gasteiger partial charge in [0.25, 0.3) is 0 Å². The van der Waals surface area contributed by atoms with Crippen LogP contribution in [0.3, 0.4) is 0 Å². The third kappa shape index (κ3) is 6.52. The van der Waals surface area contributed by atoms with E-state index in [0.29, 0.717) is 13.1 Å². The molecule has 0 radical (unpaired) electrons. The molecule has 1 N–H and O–H groups in total. The Balaban J connectivity index is 0.00000300. The lowest BCUT2D eigenvalue weighted by Crippen LogP contribution is -2.39. The molecule has 2 aromatic carbocycles. The van der Waals surface area contributed by atoms with Crippen LogP contribution in [0.5, 0.6) is 0 Å². The van der Waals surface area contributed by atoms with E-state index in [2.05, 4.69) is 15.4 Å².